The van der Waals surface area contributed by atoms with E-state index in [4.69, 9.17) is 5.26 Å². The van der Waals surface area contributed by atoms with Gasteiger partial charge in [-0.15, -0.1) is 13.2 Å². The van der Waals surface area contributed by atoms with Crippen LogP contribution in [0.3, 0.4) is 0 Å². The summed E-state index contributed by atoms with van der Waals surface area (Å²) >= 11 is 0. The first-order chi connectivity index (χ1) is 8.26. The molecule has 0 aromatic carbocycles. The van der Waals surface area contributed by atoms with Crippen LogP contribution in [-0.2, 0) is 6.42 Å². The van der Waals surface area contributed by atoms with Crippen molar-refractivity contribution >= 4 is 0 Å². The summed E-state index contributed by atoms with van der Waals surface area (Å²) in [6.45, 7) is 1.14. The number of hydrogen-bond acceptors (Lipinski definition) is 3. The molecule has 8 heteroatoms. The van der Waals surface area contributed by atoms with Crippen molar-refractivity contribution in [2.24, 2.45) is 0 Å². The molecule has 3 nitrogen and oxygen atoms in total. The Morgan fingerprint density at radius 3 is 2.50 bits per heavy atom. The lowest BCUT2D eigenvalue weighted by atomic mass is 10.1. The van der Waals surface area contributed by atoms with Crippen molar-refractivity contribution in [3.8, 4) is 11.8 Å². The first-order valence-electron chi connectivity index (χ1n) is 4.65. The minimum atomic E-state index is -5.11. The lowest BCUT2D eigenvalue weighted by Gasteiger charge is -2.16. The van der Waals surface area contributed by atoms with Gasteiger partial charge >= 0.3 is 6.36 Å². The number of rotatable bonds is 3. The predicted molar refractivity (Wildman–Crippen MR) is 49.9 cm³/mol. The Morgan fingerprint density at radius 1 is 1.44 bits per heavy atom. The summed E-state index contributed by atoms with van der Waals surface area (Å²) in [6, 6.07) is 1.56. The third-order valence-electron chi connectivity index (χ3n) is 2.05. The highest BCUT2D eigenvalue weighted by atomic mass is 19.4. The van der Waals surface area contributed by atoms with Gasteiger partial charge in [0, 0.05) is 17.5 Å². The zero-order valence-electron chi connectivity index (χ0n) is 9.05. The molecule has 0 atom stereocenters. The van der Waals surface area contributed by atoms with Crippen molar-refractivity contribution in [1.29, 1.82) is 5.26 Å². The van der Waals surface area contributed by atoms with Crippen LogP contribution in [-0.4, -0.2) is 11.3 Å². The van der Waals surface area contributed by atoms with E-state index in [1.807, 2.05) is 0 Å². The van der Waals surface area contributed by atoms with Crippen molar-refractivity contribution in [1.82, 2.24) is 4.98 Å². The Kier molecular flexibility index (Phi) is 4.06. The fraction of sp³-hybridized carbons (Fsp3) is 0.400. The van der Waals surface area contributed by atoms with E-state index in [9.17, 15) is 22.0 Å². The first kappa shape index (κ1) is 14.2. The number of pyridine rings is 1. The van der Waals surface area contributed by atoms with Crippen LogP contribution in [0.25, 0.3) is 0 Å². The van der Waals surface area contributed by atoms with Crippen LogP contribution in [0.2, 0.25) is 0 Å². The van der Waals surface area contributed by atoms with E-state index in [-0.39, 0.29) is 11.3 Å². The molecule has 0 aliphatic heterocycles. The average molecular weight is 266 g/mol. The van der Waals surface area contributed by atoms with Crippen molar-refractivity contribution < 1.29 is 26.7 Å². The summed E-state index contributed by atoms with van der Waals surface area (Å²) in [4.78, 5) is 3.53. The maximum absolute atomic E-state index is 12.7. The zero-order valence-corrected chi connectivity index (χ0v) is 9.05. The van der Waals surface area contributed by atoms with E-state index in [0.29, 0.717) is 0 Å². The number of hydrogen-bond donors (Lipinski definition) is 0. The van der Waals surface area contributed by atoms with Crippen LogP contribution >= 0.6 is 0 Å². The molecule has 0 saturated heterocycles. The fourth-order valence-electron chi connectivity index (χ4n) is 1.34. The van der Waals surface area contributed by atoms with Crippen molar-refractivity contribution in [2.75, 3.05) is 0 Å². The number of nitrogens with zero attached hydrogens (tertiary/aromatic N) is 2. The van der Waals surface area contributed by atoms with E-state index in [2.05, 4.69) is 9.72 Å². The average Bonchev–Trinajstić information content (AvgIpc) is 2.19. The molecule has 0 bridgehead atoms. The van der Waals surface area contributed by atoms with Crippen LogP contribution in [0.1, 0.15) is 23.2 Å². The van der Waals surface area contributed by atoms with E-state index < -0.39 is 30.5 Å². The largest absolute Gasteiger partial charge is 0.573 e. The molecule has 0 radical (unpaired) electrons. The molecule has 0 N–H and O–H groups in total. The minimum absolute atomic E-state index is 0.272. The van der Waals surface area contributed by atoms with Gasteiger partial charge in [0.25, 0.3) is 6.43 Å². The van der Waals surface area contributed by atoms with Gasteiger partial charge in [-0.25, -0.2) is 8.78 Å². The molecule has 0 aliphatic rings. The highest BCUT2D eigenvalue weighted by Gasteiger charge is 2.35. The van der Waals surface area contributed by atoms with Crippen LogP contribution in [0.15, 0.2) is 6.20 Å². The standard InChI is InChI=1S/C10H7F5N2O/c1-5-7(9(11)12)8(18-10(13,14)15)6(2-3-16)4-17-5/h4,9H,2H2,1H3. The predicted octanol–water partition coefficient (Wildman–Crippen LogP) is 3.29. The molecule has 0 saturated carbocycles. The molecule has 18 heavy (non-hydrogen) atoms. The monoisotopic (exact) mass is 266 g/mol. The molecule has 1 heterocycles. The molecule has 1 aromatic heterocycles. The number of ether oxygens (including phenoxy) is 1. The zero-order chi connectivity index (χ0) is 13.9. The Balaban J connectivity index is 3.39. The molecule has 0 spiro atoms. The summed E-state index contributed by atoms with van der Waals surface area (Å²) in [7, 11) is 0. The molecule has 0 unspecified atom stereocenters. The Morgan fingerprint density at radius 2 is 2.06 bits per heavy atom. The third kappa shape index (κ3) is 3.29. The highest BCUT2D eigenvalue weighted by Crippen LogP contribution is 2.37. The maximum Gasteiger partial charge on any atom is 0.573 e. The molecule has 0 amide bonds. The van der Waals surface area contributed by atoms with Gasteiger partial charge in [0.1, 0.15) is 5.75 Å². The van der Waals surface area contributed by atoms with Gasteiger partial charge < -0.3 is 4.74 Å². The number of alkyl halides is 5. The number of aromatic nitrogens is 1. The van der Waals surface area contributed by atoms with E-state index >= 15 is 0 Å². The quantitative estimate of drug-likeness (QED) is 0.788. The lowest BCUT2D eigenvalue weighted by Crippen LogP contribution is -2.20. The van der Waals surface area contributed by atoms with Crippen LogP contribution in [0.5, 0.6) is 5.75 Å². The van der Waals surface area contributed by atoms with Crippen molar-refractivity contribution in [3.63, 3.8) is 0 Å². The summed E-state index contributed by atoms with van der Waals surface area (Å²) in [5.74, 6) is -1.04. The second-order valence-corrected chi connectivity index (χ2v) is 3.30. The topological polar surface area (TPSA) is 45.9 Å². The molecule has 1 rings (SSSR count). The molecular weight excluding hydrogens is 259 g/mol. The van der Waals surface area contributed by atoms with Gasteiger partial charge in [0.15, 0.2) is 0 Å². The normalized spacial score (nSPS) is 11.4. The van der Waals surface area contributed by atoms with Gasteiger partial charge in [-0.3, -0.25) is 4.98 Å². The Hall–Kier alpha value is -1.91. The minimum Gasteiger partial charge on any atom is -0.405 e. The van der Waals surface area contributed by atoms with E-state index in [1.54, 1.807) is 6.07 Å². The molecule has 0 fully saturated rings. The van der Waals surface area contributed by atoms with Crippen LogP contribution in [0.4, 0.5) is 22.0 Å². The summed E-state index contributed by atoms with van der Waals surface area (Å²) in [5.41, 5.74) is -1.54. The Bertz CT molecular complexity index is 478. The Labute approximate surface area is 98.8 Å². The van der Waals surface area contributed by atoms with Crippen molar-refractivity contribution in [2.45, 2.75) is 26.1 Å². The van der Waals surface area contributed by atoms with Gasteiger partial charge in [-0.05, 0) is 6.92 Å². The molecule has 0 aliphatic carbocycles. The van der Waals surface area contributed by atoms with Gasteiger partial charge in [-0.1, -0.05) is 0 Å². The third-order valence-corrected chi connectivity index (χ3v) is 2.05. The molecule has 1 aromatic rings. The van der Waals surface area contributed by atoms with Crippen molar-refractivity contribution in [3.05, 3.63) is 23.0 Å². The van der Waals surface area contributed by atoms with Gasteiger partial charge in [0.2, 0.25) is 0 Å². The van der Waals surface area contributed by atoms with E-state index in [1.165, 1.54) is 0 Å². The van der Waals surface area contributed by atoms with Crippen LogP contribution in [0, 0.1) is 18.3 Å². The SMILES string of the molecule is Cc1ncc(CC#N)c(OC(F)(F)F)c1C(F)F. The second-order valence-electron chi connectivity index (χ2n) is 3.30. The molecular formula is C10H7F5N2O. The highest BCUT2D eigenvalue weighted by molar-refractivity contribution is 5.44. The number of aryl methyl sites for hydroxylation is 1. The molecule has 98 valence electrons. The summed E-state index contributed by atoms with van der Waals surface area (Å²) in [5, 5.41) is 8.44. The maximum atomic E-state index is 12.7. The fourth-order valence-corrected chi connectivity index (χ4v) is 1.34. The number of halogens is 5. The lowest BCUT2D eigenvalue weighted by molar-refractivity contribution is -0.275. The van der Waals surface area contributed by atoms with Crippen LogP contribution < -0.4 is 4.74 Å². The first-order valence-corrected chi connectivity index (χ1v) is 4.65. The smallest absolute Gasteiger partial charge is 0.405 e. The van der Waals surface area contributed by atoms with Gasteiger partial charge in [0.05, 0.1) is 18.1 Å². The second kappa shape index (κ2) is 5.16. The summed E-state index contributed by atoms with van der Waals surface area (Å²) in [6.07, 6.45) is -7.86. The van der Waals surface area contributed by atoms with Gasteiger partial charge in [-0.2, -0.15) is 5.26 Å². The summed E-state index contributed by atoms with van der Waals surface area (Å²) < 4.78 is 65.5. The van der Waals surface area contributed by atoms with E-state index in [0.717, 1.165) is 13.1 Å². The number of nitriles is 1.